The lowest BCUT2D eigenvalue weighted by molar-refractivity contribution is -0.0182. The number of amides is 1. The highest BCUT2D eigenvalue weighted by Gasteiger charge is 2.37. The fourth-order valence-corrected chi connectivity index (χ4v) is 5.08. The number of esters is 1. The van der Waals surface area contributed by atoms with Gasteiger partial charge in [0.15, 0.2) is 0 Å². The van der Waals surface area contributed by atoms with Crippen molar-refractivity contribution in [2.24, 2.45) is 0 Å². The van der Waals surface area contributed by atoms with Crippen molar-refractivity contribution in [3.63, 3.8) is 0 Å². The highest BCUT2D eigenvalue weighted by atomic mass is 16.6. The van der Waals surface area contributed by atoms with Crippen LogP contribution in [0.3, 0.4) is 0 Å². The second kappa shape index (κ2) is 13.0. The van der Waals surface area contributed by atoms with Gasteiger partial charge in [-0.15, -0.1) is 0 Å². The minimum absolute atomic E-state index is 0.0939. The maximum absolute atomic E-state index is 13.4. The summed E-state index contributed by atoms with van der Waals surface area (Å²) in [6, 6.07) is 30.9. The number of ether oxygens (including phenoxy) is 4. The molecule has 1 heterocycles. The Bertz CT molecular complexity index is 1500. The number of nitrogens with zero attached hydrogens (tertiary/aromatic N) is 1. The van der Waals surface area contributed by atoms with Gasteiger partial charge in [-0.3, -0.25) is 0 Å². The smallest absolute Gasteiger partial charge is 0.410 e. The molecular formula is C35H37NO6. The zero-order valence-electron chi connectivity index (χ0n) is 24.3. The fraction of sp³-hybridized carbons (Fsp3) is 0.314. The maximum Gasteiger partial charge on any atom is 0.410 e. The van der Waals surface area contributed by atoms with E-state index in [-0.39, 0.29) is 12.5 Å². The minimum Gasteiger partial charge on any atom is -0.490 e. The predicted molar refractivity (Wildman–Crippen MR) is 162 cm³/mol. The number of benzene rings is 4. The van der Waals surface area contributed by atoms with Crippen LogP contribution in [0, 0.1) is 0 Å². The fourth-order valence-electron chi connectivity index (χ4n) is 5.08. The SMILES string of the molecule is CC(C)(C)OC(=O)N1CCC(c2ccc(OCCOc3ccccc3)cc2)C(OC(=O)c2ccc3ccccc3c2)C1. The lowest BCUT2D eigenvalue weighted by Gasteiger charge is -2.38. The number of fused-ring (bicyclic) bond motifs is 1. The van der Waals surface area contributed by atoms with Crippen molar-refractivity contribution in [3.05, 3.63) is 108 Å². The number of hydrogen-bond donors (Lipinski definition) is 0. The Morgan fingerprint density at radius 3 is 2.12 bits per heavy atom. The average Bonchev–Trinajstić information content (AvgIpc) is 2.99. The van der Waals surface area contributed by atoms with E-state index in [1.165, 1.54) is 0 Å². The van der Waals surface area contributed by atoms with Gasteiger partial charge in [-0.05, 0) is 79.9 Å². The molecule has 5 rings (SSSR count). The van der Waals surface area contributed by atoms with Gasteiger partial charge in [0.2, 0.25) is 0 Å². The van der Waals surface area contributed by atoms with E-state index in [9.17, 15) is 9.59 Å². The van der Waals surface area contributed by atoms with E-state index in [4.69, 9.17) is 18.9 Å². The predicted octanol–water partition coefficient (Wildman–Crippen LogP) is 7.25. The molecule has 0 N–H and O–H groups in total. The molecule has 0 spiro atoms. The Balaban J connectivity index is 1.27. The second-order valence-corrected chi connectivity index (χ2v) is 11.4. The van der Waals surface area contributed by atoms with Gasteiger partial charge in [-0.25, -0.2) is 9.59 Å². The lowest BCUT2D eigenvalue weighted by Crippen LogP contribution is -2.49. The summed E-state index contributed by atoms with van der Waals surface area (Å²) in [5.74, 6) is 1.02. The number of piperidine rings is 1. The summed E-state index contributed by atoms with van der Waals surface area (Å²) in [7, 11) is 0. The first-order valence-corrected chi connectivity index (χ1v) is 14.3. The summed E-state index contributed by atoms with van der Waals surface area (Å²) in [5.41, 5.74) is 0.874. The Kier molecular flexibility index (Phi) is 8.96. The Morgan fingerprint density at radius 2 is 1.43 bits per heavy atom. The second-order valence-electron chi connectivity index (χ2n) is 11.4. The quantitative estimate of drug-likeness (QED) is 0.165. The van der Waals surface area contributed by atoms with Crippen molar-refractivity contribution in [2.75, 3.05) is 26.3 Å². The molecule has 1 aliphatic heterocycles. The summed E-state index contributed by atoms with van der Waals surface area (Å²) in [4.78, 5) is 27.9. The van der Waals surface area contributed by atoms with Gasteiger partial charge in [0.05, 0.1) is 12.1 Å². The zero-order valence-corrected chi connectivity index (χ0v) is 24.3. The molecule has 4 aromatic rings. The van der Waals surface area contributed by atoms with Gasteiger partial charge in [0.25, 0.3) is 0 Å². The summed E-state index contributed by atoms with van der Waals surface area (Å²) in [6.07, 6.45) is -0.328. The highest BCUT2D eigenvalue weighted by Crippen LogP contribution is 2.33. The number of carbonyl (C=O) groups is 2. The topological polar surface area (TPSA) is 74.3 Å². The van der Waals surface area contributed by atoms with Crippen LogP contribution < -0.4 is 9.47 Å². The molecule has 2 unspecified atom stereocenters. The van der Waals surface area contributed by atoms with Crippen LogP contribution >= 0.6 is 0 Å². The van der Waals surface area contributed by atoms with Crippen molar-refractivity contribution in [3.8, 4) is 11.5 Å². The van der Waals surface area contributed by atoms with E-state index in [1.54, 1.807) is 11.0 Å². The molecule has 1 amide bonds. The first kappa shape index (κ1) is 29.0. The Morgan fingerprint density at radius 1 is 0.786 bits per heavy atom. The average molecular weight is 568 g/mol. The van der Waals surface area contributed by atoms with Crippen molar-refractivity contribution in [1.82, 2.24) is 4.90 Å². The molecular weight excluding hydrogens is 530 g/mol. The molecule has 4 aromatic carbocycles. The van der Waals surface area contributed by atoms with Crippen LogP contribution in [0.4, 0.5) is 4.79 Å². The van der Waals surface area contributed by atoms with Gasteiger partial charge >= 0.3 is 12.1 Å². The highest BCUT2D eigenvalue weighted by molar-refractivity contribution is 5.95. The van der Waals surface area contributed by atoms with Gasteiger partial charge in [-0.1, -0.05) is 60.7 Å². The van der Waals surface area contributed by atoms with Crippen LogP contribution in [0.5, 0.6) is 11.5 Å². The molecule has 7 heteroatoms. The van der Waals surface area contributed by atoms with Crippen LogP contribution in [0.25, 0.3) is 10.8 Å². The zero-order chi connectivity index (χ0) is 29.5. The van der Waals surface area contributed by atoms with Crippen LogP contribution in [0.2, 0.25) is 0 Å². The molecule has 42 heavy (non-hydrogen) atoms. The number of para-hydroxylation sites is 1. The molecule has 0 bridgehead atoms. The monoisotopic (exact) mass is 567 g/mol. The number of carbonyl (C=O) groups excluding carboxylic acids is 2. The molecule has 7 nitrogen and oxygen atoms in total. The summed E-state index contributed by atoms with van der Waals surface area (Å²) in [6.45, 7) is 7.10. The van der Waals surface area contributed by atoms with E-state index < -0.39 is 23.8 Å². The van der Waals surface area contributed by atoms with E-state index in [2.05, 4.69) is 0 Å². The molecule has 1 aliphatic rings. The standard InChI is InChI=1S/C35H37NO6/c1-35(2,3)42-34(38)36-20-19-31(26-15-17-30(18-16-26)40-22-21-39-29-11-5-4-6-12-29)32(24-36)41-33(37)28-14-13-25-9-7-8-10-27(25)23-28/h4-18,23,31-32H,19-22,24H2,1-3H3. The third-order valence-electron chi connectivity index (χ3n) is 7.13. The van der Waals surface area contributed by atoms with Crippen LogP contribution in [-0.4, -0.2) is 55.0 Å². The molecule has 218 valence electrons. The molecule has 2 atom stereocenters. The Hall–Kier alpha value is -4.52. The summed E-state index contributed by atoms with van der Waals surface area (Å²) < 4.78 is 23.3. The summed E-state index contributed by atoms with van der Waals surface area (Å²) >= 11 is 0. The minimum atomic E-state index is -0.618. The van der Waals surface area contributed by atoms with Crippen LogP contribution in [0.1, 0.15) is 49.0 Å². The van der Waals surface area contributed by atoms with Gasteiger partial charge in [-0.2, -0.15) is 0 Å². The summed E-state index contributed by atoms with van der Waals surface area (Å²) in [5, 5.41) is 2.02. The lowest BCUT2D eigenvalue weighted by atomic mass is 9.87. The van der Waals surface area contributed by atoms with Crippen molar-refractivity contribution in [1.29, 1.82) is 0 Å². The molecule has 0 saturated carbocycles. The van der Waals surface area contributed by atoms with Crippen molar-refractivity contribution in [2.45, 2.75) is 44.8 Å². The Labute approximate surface area is 247 Å². The molecule has 1 fully saturated rings. The van der Waals surface area contributed by atoms with Crippen molar-refractivity contribution >= 4 is 22.8 Å². The first-order valence-electron chi connectivity index (χ1n) is 14.3. The third kappa shape index (κ3) is 7.60. The third-order valence-corrected chi connectivity index (χ3v) is 7.13. The molecule has 1 saturated heterocycles. The molecule has 0 aliphatic carbocycles. The van der Waals surface area contributed by atoms with E-state index in [0.717, 1.165) is 27.8 Å². The largest absolute Gasteiger partial charge is 0.490 e. The van der Waals surface area contributed by atoms with E-state index >= 15 is 0 Å². The van der Waals surface area contributed by atoms with Crippen LogP contribution in [-0.2, 0) is 9.47 Å². The molecule has 0 radical (unpaired) electrons. The normalized spacial score (nSPS) is 17.0. The number of likely N-dealkylation sites (tertiary alicyclic amines) is 1. The number of hydrogen-bond acceptors (Lipinski definition) is 6. The van der Waals surface area contributed by atoms with Crippen LogP contribution in [0.15, 0.2) is 97.1 Å². The van der Waals surface area contributed by atoms with Crippen molar-refractivity contribution < 1.29 is 28.5 Å². The number of rotatable bonds is 8. The maximum atomic E-state index is 13.4. The van der Waals surface area contributed by atoms with Gasteiger partial charge in [0.1, 0.15) is 36.4 Å². The van der Waals surface area contributed by atoms with Gasteiger partial charge in [0, 0.05) is 12.5 Å². The van der Waals surface area contributed by atoms with Gasteiger partial charge < -0.3 is 23.8 Å². The molecule has 0 aromatic heterocycles. The first-order chi connectivity index (χ1) is 20.2. The van der Waals surface area contributed by atoms with E-state index in [0.29, 0.717) is 31.7 Å². The van der Waals surface area contributed by atoms with E-state index in [1.807, 2.05) is 112 Å².